The molecule has 1 aromatic carbocycles. The number of fused-ring (bicyclic) bond motifs is 1. The molecule has 166 valence electrons. The van der Waals surface area contributed by atoms with E-state index in [2.05, 4.69) is 84.9 Å². The monoisotopic (exact) mass is 428 g/mol. The first-order valence-corrected chi connectivity index (χ1v) is 11.2. The Morgan fingerprint density at radius 1 is 1.25 bits per heavy atom. The lowest BCUT2D eigenvalue weighted by atomic mass is 9.79. The van der Waals surface area contributed by atoms with Gasteiger partial charge < -0.3 is 15.1 Å². The van der Waals surface area contributed by atoms with Gasteiger partial charge in [-0.05, 0) is 79.4 Å². The fourth-order valence-corrected chi connectivity index (χ4v) is 4.57. The summed E-state index contributed by atoms with van der Waals surface area (Å²) in [5.41, 5.74) is 5.88. The van der Waals surface area contributed by atoms with E-state index in [0.29, 0.717) is 5.92 Å². The molecular formula is C27H32N4O. The molecular weight excluding hydrogens is 396 g/mol. The van der Waals surface area contributed by atoms with E-state index in [9.17, 15) is 4.79 Å². The van der Waals surface area contributed by atoms with E-state index in [1.165, 1.54) is 17.2 Å². The summed E-state index contributed by atoms with van der Waals surface area (Å²) in [5, 5.41) is 3.48. The van der Waals surface area contributed by atoms with Gasteiger partial charge in [0.25, 0.3) is 0 Å². The minimum absolute atomic E-state index is 0.0352. The van der Waals surface area contributed by atoms with Crippen LogP contribution in [0.3, 0.4) is 0 Å². The third-order valence-electron chi connectivity index (χ3n) is 6.27. The molecule has 1 atom stereocenters. The van der Waals surface area contributed by atoms with Crippen molar-refractivity contribution in [3.63, 3.8) is 0 Å². The molecule has 1 aliphatic heterocycles. The van der Waals surface area contributed by atoms with Crippen molar-refractivity contribution in [2.45, 2.75) is 25.3 Å². The quantitative estimate of drug-likeness (QED) is 0.603. The molecule has 0 spiro atoms. The van der Waals surface area contributed by atoms with Crippen LogP contribution in [-0.4, -0.2) is 47.9 Å². The lowest BCUT2D eigenvalue weighted by Gasteiger charge is -2.39. The number of carbonyl (C=O) groups excluding carboxylic acids is 1. The number of benzene rings is 1. The second kappa shape index (κ2) is 9.53. The highest BCUT2D eigenvalue weighted by atomic mass is 16.2. The Bertz CT molecular complexity index is 1050. The van der Waals surface area contributed by atoms with Crippen LogP contribution in [0.15, 0.2) is 67.4 Å². The normalized spacial score (nSPS) is 17.8. The number of anilines is 2. The number of nitrogens with zero attached hydrogens (tertiary/aromatic N) is 3. The molecule has 1 aromatic heterocycles. The van der Waals surface area contributed by atoms with Crippen LogP contribution in [0.2, 0.25) is 0 Å². The van der Waals surface area contributed by atoms with Gasteiger partial charge in [0.2, 0.25) is 5.91 Å². The average molecular weight is 429 g/mol. The van der Waals surface area contributed by atoms with Crippen molar-refractivity contribution in [1.82, 2.24) is 14.8 Å². The maximum absolute atomic E-state index is 11.7. The summed E-state index contributed by atoms with van der Waals surface area (Å²) in [6, 6.07) is 10.6. The Morgan fingerprint density at radius 2 is 2.06 bits per heavy atom. The van der Waals surface area contributed by atoms with Gasteiger partial charge in [-0.3, -0.25) is 4.79 Å². The van der Waals surface area contributed by atoms with Gasteiger partial charge in [-0.1, -0.05) is 37.4 Å². The average Bonchev–Trinajstić information content (AvgIpc) is 2.73. The van der Waals surface area contributed by atoms with Crippen molar-refractivity contribution in [2.75, 3.05) is 32.5 Å². The van der Waals surface area contributed by atoms with Gasteiger partial charge in [0, 0.05) is 37.4 Å². The number of amides is 1. The Kier molecular flexibility index (Phi) is 6.56. The van der Waals surface area contributed by atoms with Crippen LogP contribution in [0.1, 0.15) is 35.4 Å². The van der Waals surface area contributed by atoms with E-state index in [4.69, 9.17) is 0 Å². The molecule has 1 N–H and O–H groups in total. The van der Waals surface area contributed by atoms with Gasteiger partial charge in [0.15, 0.2) is 0 Å². The second-order valence-electron chi connectivity index (χ2n) is 9.11. The van der Waals surface area contributed by atoms with E-state index in [0.717, 1.165) is 55.1 Å². The second-order valence-corrected chi connectivity index (χ2v) is 9.11. The smallest absolute Gasteiger partial charge is 0.245 e. The van der Waals surface area contributed by atoms with Gasteiger partial charge in [-0.15, -0.1) is 0 Å². The summed E-state index contributed by atoms with van der Waals surface area (Å²) in [6.07, 6.45) is 9.68. The largest absolute Gasteiger partial charge is 0.340 e. The predicted octanol–water partition coefficient (Wildman–Crippen LogP) is 4.98. The summed E-state index contributed by atoms with van der Waals surface area (Å²) >= 11 is 0. The van der Waals surface area contributed by atoms with Crippen molar-refractivity contribution in [3.8, 4) is 0 Å². The van der Waals surface area contributed by atoms with E-state index < -0.39 is 0 Å². The molecule has 0 bridgehead atoms. The molecule has 1 amide bonds. The van der Waals surface area contributed by atoms with Crippen molar-refractivity contribution < 1.29 is 4.79 Å². The summed E-state index contributed by atoms with van der Waals surface area (Å²) in [5.74, 6) is 1.72. The molecule has 2 aromatic rings. The number of aromatic nitrogens is 1. The molecule has 1 unspecified atom stereocenters. The zero-order chi connectivity index (χ0) is 22.7. The van der Waals surface area contributed by atoms with Gasteiger partial charge >= 0.3 is 0 Å². The number of likely N-dealkylation sites (tertiary alicyclic amines) is 1. The van der Waals surface area contributed by atoms with Crippen LogP contribution in [-0.2, 0) is 11.3 Å². The molecule has 1 fully saturated rings. The minimum Gasteiger partial charge on any atom is -0.340 e. The summed E-state index contributed by atoms with van der Waals surface area (Å²) in [4.78, 5) is 20.4. The number of hydrogen-bond donors (Lipinski definition) is 1. The third-order valence-corrected chi connectivity index (χ3v) is 6.27. The highest BCUT2D eigenvalue weighted by Crippen LogP contribution is 2.39. The van der Waals surface area contributed by atoms with E-state index in [1.807, 2.05) is 11.1 Å². The van der Waals surface area contributed by atoms with Crippen molar-refractivity contribution >= 4 is 23.5 Å². The topological polar surface area (TPSA) is 48.5 Å². The zero-order valence-electron chi connectivity index (χ0n) is 19.1. The maximum Gasteiger partial charge on any atom is 0.245 e. The van der Waals surface area contributed by atoms with Crippen LogP contribution in [0.5, 0.6) is 0 Å². The lowest BCUT2D eigenvalue weighted by Crippen LogP contribution is -2.49. The first-order chi connectivity index (χ1) is 15.4. The highest BCUT2D eigenvalue weighted by Gasteiger charge is 2.30. The fourth-order valence-electron chi connectivity index (χ4n) is 4.57. The van der Waals surface area contributed by atoms with Gasteiger partial charge in [0.05, 0.1) is 0 Å². The van der Waals surface area contributed by atoms with Crippen molar-refractivity contribution in [3.05, 3.63) is 84.1 Å². The van der Waals surface area contributed by atoms with Crippen LogP contribution in [0.25, 0.3) is 6.08 Å². The number of rotatable bonds is 8. The van der Waals surface area contributed by atoms with Gasteiger partial charge in [-0.2, -0.15) is 0 Å². The molecule has 0 saturated carbocycles. The molecule has 5 heteroatoms. The Labute approximate surface area is 191 Å². The Hall–Kier alpha value is -3.18. The molecule has 5 nitrogen and oxygen atoms in total. The zero-order valence-corrected chi connectivity index (χ0v) is 19.1. The first kappa shape index (κ1) is 22.0. The van der Waals surface area contributed by atoms with Crippen molar-refractivity contribution in [1.29, 1.82) is 0 Å². The van der Waals surface area contributed by atoms with Crippen LogP contribution >= 0.6 is 0 Å². The summed E-state index contributed by atoms with van der Waals surface area (Å²) in [6.45, 7) is 10.5. The van der Waals surface area contributed by atoms with Crippen molar-refractivity contribution in [2.24, 2.45) is 5.92 Å². The van der Waals surface area contributed by atoms with E-state index in [-0.39, 0.29) is 11.8 Å². The molecule has 2 aliphatic rings. The molecule has 4 rings (SSSR count). The number of pyridine rings is 1. The maximum atomic E-state index is 11.7. The summed E-state index contributed by atoms with van der Waals surface area (Å²) < 4.78 is 0. The van der Waals surface area contributed by atoms with Crippen LogP contribution < -0.4 is 5.32 Å². The SMILES string of the molecule is C=CC(=O)N1CC(CCC2C(=C)C=Cc3cnc(Nc4cccc(CN(C)C)c4)cc32)C1. The molecule has 1 saturated heterocycles. The number of nitrogens with one attached hydrogen (secondary N) is 1. The minimum atomic E-state index is 0.0352. The highest BCUT2D eigenvalue weighted by molar-refractivity contribution is 5.87. The molecule has 32 heavy (non-hydrogen) atoms. The van der Waals surface area contributed by atoms with E-state index in [1.54, 1.807) is 0 Å². The van der Waals surface area contributed by atoms with Crippen LogP contribution in [0, 0.1) is 5.92 Å². The molecule has 0 radical (unpaired) electrons. The fraction of sp³-hybridized carbons (Fsp3) is 0.333. The van der Waals surface area contributed by atoms with Gasteiger partial charge in [0.1, 0.15) is 5.82 Å². The third kappa shape index (κ3) is 5.00. The van der Waals surface area contributed by atoms with Gasteiger partial charge in [-0.25, -0.2) is 4.98 Å². The summed E-state index contributed by atoms with van der Waals surface area (Å²) in [7, 11) is 4.15. The molecule has 2 heterocycles. The number of allylic oxidation sites excluding steroid dienone is 2. The number of hydrogen-bond acceptors (Lipinski definition) is 4. The van der Waals surface area contributed by atoms with Crippen LogP contribution in [0.4, 0.5) is 11.5 Å². The first-order valence-electron chi connectivity index (χ1n) is 11.2. The Balaban J connectivity index is 1.45. The standard InChI is InChI=1S/C27H32N4O/c1-5-27(32)31-17-21(18-31)10-12-24-19(2)9-11-22-15-28-26(14-25(22)24)29-23-8-6-7-20(13-23)16-30(3)4/h5-9,11,13-15,21,24H,1-2,10,12,16-18H2,3-4H3,(H,28,29). The number of carbonyl (C=O) groups is 1. The lowest BCUT2D eigenvalue weighted by molar-refractivity contribution is -0.132. The Morgan fingerprint density at radius 3 is 2.81 bits per heavy atom. The molecule has 1 aliphatic carbocycles. The predicted molar refractivity (Wildman–Crippen MR) is 132 cm³/mol. The van der Waals surface area contributed by atoms with E-state index >= 15 is 0 Å².